The highest BCUT2D eigenvalue weighted by Crippen LogP contribution is 2.48. The molecule has 0 spiro atoms. The Labute approximate surface area is 194 Å². The molecule has 0 N–H and O–H groups in total. The number of ketones is 1. The van der Waals surface area contributed by atoms with Gasteiger partial charge >= 0.3 is 0 Å². The maximum atomic E-state index is 12.8. The first-order valence-corrected chi connectivity index (χ1v) is 12.2. The summed E-state index contributed by atoms with van der Waals surface area (Å²) in [6.45, 7) is 0. The van der Waals surface area contributed by atoms with Crippen LogP contribution < -0.4 is 0 Å². The standard InChI is InChI=1S/C26H22N2O3S.CH4/c29-26(14-18-4-5-21-16-27-12-10-20(21)13-18)25-15-24(25)19-6-8-23(9-7-19)32(30,31)17-22-3-1-2-11-28-22;/h1-13,16,24-25H,14-15,17H2;1H4/t24?,25-;/m1./s1. The maximum Gasteiger partial charge on any atom is 0.184 e. The maximum absolute atomic E-state index is 12.8. The summed E-state index contributed by atoms with van der Waals surface area (Å²) in [7, 11) is -3.46. The highest BCUT2D eigenvalue weighted by molar-refractivity contribution is 7.90. The van der Waals surface area contributed by atoms with Crippen molar-refractivity contribution in [3.63, 3.8) is 0 Å². The van der Waals surface area contributed by atoms with Crippen molar-refractivity contribution < 1.29 is 13.2 Å². The van der Waals surface area contributed by atoms with Crippen LogP contribution in [0, 0.1) is 5.92 Å². The van der Waals surface area contributed by atoms with Crippen LogP contribution >= 0.6 is 0 Å². The number of benzene rings is 2. The van der Waals surface area contributed by atoms with Gasteiger partial charge in [0.25, 0.3) is 0 Å². The van der Waals surface area contributed by atoms with Gasteiger partial charge < -0.3 is 0 Å². The lowest BCUT2D eigenvalue weighted by Crippen LogP contribution is -2.07. The number of carbonyl (C=O) groups is 1. The molecule has 0 saturated heterocycles. The monoisotopic (exact) mass is 458 g/mol. The van der Waals surface area contributed by atoms with Gasteiger partial charge in [-0.3, -0.25) is 14.8 Å². The number of nitrogens with zero attached hydrogens (tertiary/aromatic N) is 2. The number of pyridine rings is 2. The summed E-state index contributed by atoms with van der Waals surface area (Å²) in [6, 6.07) is 20.2. The number of sulfone groups is 1. The van der Waals surface area contributed by atoms with E-state index in [0.29, 0.717) is 12.1 Å². The van der Waals surface area contributed by atoms with Crippen molar-refractivity contribution in [2.45, 2.75) is 36.8 Å². The van der Waals surface area contributed by atoms with Gasteiger partial charge in [0.05, 0.1) is 16.3 Å². The Bertz CT molecular complexity index is 1380. The SMILES string of the molecule is C.O=C(Cc1ccc2cnccc2c1)[C@@H]1CC1c1ccc(S(=O)(=O)Cc2ccccn2)cc1. The summed E-state index contributed by atoms with van der Waals surface area (Å²) >= 11 is 0. The fourth-order valence-corrected chi connectivity index (χ4v) is 5.46. The van der Waals surface area contributed by atoms with Crippen LogP contribution in [0.4, 0.5) is 0 Å². The average Bonchev–Trinajstić information content (AvgIpc) is 3.61. The quantitative estimate of drug-likeness (QED) is 0.383. The molecule has 4 aromatic rings. The summed E-state index contributed by atoms with van der Waals surface area (Å²) in [5.74, 6) is 0.272. The number of carbonyl (C=O) groups excluding carboxylic acids is 1. The third-order valence-corrected chi connectivity index (χ3v) is 7.68. The van der Waals surface area contributed by atoms with Crippen molar-refractivity contribution in [1.82, 2.24) is 9.97 Å². The van der Waals surface area contributed by atoms with Gasteiger partial charge in [0.15, 0.2) is 9.84 Å². The van der Waals surface area contributed by atoms with Crippen molar-refractivity contribution in [3.05, 3.63) is 102 Å². The molecular weight excluding hydrogens is 432 g/mol. The van der Waals surface area contributed by atoms with E-state index in [-0.39, 0.29) is 35.7 Å². The molecule has 1 aliphatic rings. The lowest BCUT2D eigenvalue weighted by Gasteiger charge is -2.06. The number of aromatic nitrogens is 2. The number of hydrogen-bond acceptors (Lipinski definition) is 5. The van der Waals surface area contributed by atoms with Crippen molar-refractivity contribution >= 4 is 26.4 Å². The zero-order chi connectivity index (χ0) is 22.1. The van der Waals surface area contributed by atoms with Crippen LogP contribution in [0.3, 0.4) is 0 Å². The molecule has 1 unspecified atom stereocenters. The first-order valence-electron chi connectivity index (χ1n) is 10.6. The highest BCUT2D eigenvalue weighted by Gasteiger charge is 2.43. The van der Waals surface area contributed by atoms with Crippen LogP contribution in [0.25, 0.3) is 10.8 Å². The molecule has 0 amide bonds. The van der Waals surface area contributed by atoms with Crippen LogP contribution in [0.2, 0.25) is 0 Å². The molecule has 1 saturated carbocycles. The third kappa shape index (κ3) is 5.01. The van der Waals surface area contributed by atoms with Gasteiger partial charge in [-0.15, -0.1) is 0 Å². The van der Waals surface area contributed by atoms with Gasteiger partial charge in [0, 0.05) is 36.3 Å². The molecule has 1 fully saturated rings. The predicted molar refractivity (Wildman–Crippen MR) is 130 cm³/mol. The summed E-state index contributed by atoms with van der Waals surface area (Å²) < 4.78 is 25.3. The molecule has 5 rings (SSSR count). The minimum atomic E-state index is -3.46. The van der Waals surface area contributed by atoms with Gasteiger partial charge in [0.1, 0.15) is 5.78 Å². The third-order valence-electron chi connectivity index (χ3n) is 6.02. The Morgan fingerprint density at radius 1 is 0.939 bits per heavy atom. The summed E-state index contributed by atoms with van der Waals surface area (Å²) in [6.07, 6.45) is 6.39. The van der Waals surface area contributed by atoms with Crippen molar-refractivity contribution in [3.8, 4) is 0 Å². The average molecular weight is 459 g/mol. The summed E-state index contributed by atoms with van der Waals surface area (Å²) in [5.41, 5.74) is 2.55. The van der Waals surface area contributed by atoms with E-state index < -0.39 is 9.84 Å². The van der Waals surface area contributed by atoms with Gasteiger partial charge in [-0.05, 0) is 59.2 Å². The molecule has 2 aromatic heterocycles. The second-order valence-electron chi connectivity index (χ2n) is 8.30. The molecular formula is C27H26N2O3S. The first-order chi connectivity index (χ1) is 15.5. The van der Waals surface area contributed by atoms with Gasteiger partial charge in [-0.25, -0.2) is 8.42 Å². The zero-order valence-electron chi connectivity index (χ0n) is 17.4. The molecule has 5 nitrogen and oxygen atoms in total. The predicted octanol–water partition coefficient (Wildman–Crippen LogP) is 5.16. The minimum absolute atomic E-state index is 0. The van der Waals surface area contributed by atoms with Gasteiger partial charge in [-0.2, -0.15) is 0 Å². The Morgan fingerprint density at radius 3 is 2.52 bits per heavy atom. The van der Waals surface area contributed by atoms with Crippen LogP contribution in [-0.2, 0) is 26.8 Å². The number of Topliss-reactive ketones (excluding diaryl/α,β-unsaturated/α-hetero) is 1. The Balaban J connectivity index is 0.00000259. The smallest absolute Gasteiger partial charge is 0.184 e. The normalized spacial score (nSPS) is 17.3. The van der Waals surface area contributed by atoms with Crippen molar-refractivity contribution in [2.24, 2.45) is 5.92 Å². The van der Waals surface area contributed by atoms with Crippen molar-refractivity contribution in [1.29, 1.82) is 0 Å². The van der Waals surface area contributed by atoms with Crippen LogP contribution in [0.5, 0.6) is 0 Å². The fourth-order valence-electron chi connectivity index (χ4n) is 4.18. The van der Waals surface area contributed by atoms with E-state index >= 15 is 0 Å². The molecule has 168 valence electrons. The van der Waals surface area contributed by atoms with E-state index in [0.717, 1.165) is 28.3 Å². The molecule has 6 heteroatoms. The fraction of sp³-hybridized carbons (Fsp3) is 0.222. The number of fused-ring (bicyclic) bond motifs is 1. The van der Waals surface area contributed by atoms with E-state index in [1.807, 2.05) is 42.6 Å². The second-order valence-corrected chi connectivity index (χ2v) is 10.3. The topological polar surface area (TPSA) is 77.0 Å². The van der Waals surface area contributed by atoms with Crippen LogP contribution in [0.15, 0.2) is 90.2 Å². The molecule has 0 radical (unpaired) electrons. The highest BCUT2D eigenvalue weighted by atomic mass is 32.2. The van der Waals surface area contributed by atoms with E-state index in [1.54, 1.807) is 42.7 Å². The first kappa shape index (κ1) is 22.8. The van der Waals surface area contributed by atoms with E-state index in [1.165, 1.54) is 0 Å². The zero-order valence-corrected chi connectivity index (χ0v) is 18.2. The number of rotatable bonds is 7. The Morgan fingerprint density at radius 2 is 1.76 bits per heavy atom. The van der Waals surface area contributed by atoms with Gasteiger partial charge in [-0.1, -0.05) is 43.8 Å². The molecule has 2 aromatic carbocycles. The lowest BCUT2D eigenvalue weighted by atomic mass is 10.0. The second kappa shape index (κ2) is 9.24. The van der Waals surface area contributed by atoms with Crippen LogP contribution in [-0.4, -0.2) is 24.2 Å². The lowest BCUT2D eigenvalue weighted by molar-refractivity contribution is -0.119. The Kier molecular flexibility index (Phi) is 6.38. The summed E-state index contributed by atoms with van der Waals surface area (Å²) in [4.78, 5) is 21.3. The molecule has 2 atom stereocenters. The number of hydrogen-bond donors (Lipinski definition) is 0. The van der Waals surface area contributed by atoms with Crippen LogP contribution in [0.1, 0.15) is 36.6 Å². The molecule has 0 bridgehead atoms. The largest absolute Gasteiger partial charge is 0.299 e. The molecule has 33 heavy (non-hydrogen) atoms. The van der Waals surface area contributed by atoms with Gasteiger partial charge in [0.2, 0.25) is 0 Å². The minimum Gasteiger partial charge on any atom is -0.299 e. The van der Waals surface area contributed by atoms with Crippen molar-refractivity contribution in [2.75, 3.05) is 0 Å². The van der Waals surface area contributed by atoms with E-state index in [4.69, 9.17) is 0 Å². The Hall–Kier alpha value is -3.38. The van der Waals surface area contributed by atoms with E-state index in [2.05, 4.69) is 9.97 Å². The molecule has 0 aliphatic heterocycles. The summed E-state index contributed by atoms with van der Waals surface area (Å²) in [5, 5.41) is 2.14. The van der Waals surface area contributed by atoms with E-state index in [9.17, 15) is 13.2 Å². The molecule has 1 aliphatic carbocycles. The molecule has 2 heterocycles.